The van der Waals surface area contributed by atoms with Crippen molar-refractivity contribution in [2.24, 2.45) is 4.99 Å². The van der Waals surface area contributed by atoms with Crippen molar-refractivity contribution >= 4 is 35.8 Å². The zero-order valence-corrected chi connectivity index (χ0v) is 19.2. The molecule has 0 bridgehead atoms. The Hall–Kier alpha value is -0.570. The molecular formula is C18H38IN5O. The average Bonchev–Trinajstić information content (AvgIpc) is 3.00. The van der Waals surface area contributed by atoms with E-state index < -0.39 is 0 Å². The maximum Gasteiger partial charge on any atom is 0.243 e. The van der Waals surface area contributed by atoms with Crippen molar-refractivity contribution < 1.29 is 4.79 Å². The molecule has 1 rings (SSSR count). The van der Waals surface area contributed by atoms with E-state index in [2.05, 4.69) is 48.2 Å². The molecule has 0 radical (unpaired) electrons. The standard InChI is InChI=1S/C18H37N5O.HI/c1-14(2)23(15(3)4)12-11-19-18(20-13-17(24)22(5)6)21-16-9-7-8-10-16;/h14-16H,7-13H2,1-6H3,(H2,19,20,21);1H. The van der Waals surface area contributed by atoms with E-state index in [4.69, 9.17) is 0 Å². The highest BCUT2D eigenvalue weighted by Gasteiger charge is 2.17. The van der Waals surface area contributed by atoms with Gasteiger partial charge in [-0.25, -0.2) is 4.99 Å². The van der Waals surface area contributed by atoms with E-state index in [1.165, 1.54) is 25.7 Å². The number of carbonyl (C=O) groups excluding carboxylic acids is 1. The summed E-state index contributed by atoms with van der Waals surface area (Å²) in [5.41, 5.74) is 0. The Balaban J connectivity index is 0.00000576. The van der Waals surface area contributed by atoms with Crippen LogP contribution in [-0.4, -0.2) is 73.5 Å². The highest BCUT2D eigenvalue weighted by atomic mass is 127. The maximum atomic E-state index is 11.8. The summed E-state index contributed by atoms with van der Waals surface area (Å²) in [7, 11) is 3.52. The number of halogens is 1. The van der Waals surface area contributed by atoms with E-state index in [0.29, 0.717) is 18.1 Å². The molecule has 0 heterocycles. The third-order valence-electron chi connectivity index (χ3n) is 4.56. The highest BCUT2D eigenvalue weighted by Crippen LogP contribution is 2.17. The van der Waals surface area contributed by atoms with E-state index >= 15 is 0 Å². The summed E-state index contributed by atoms with van der Waals surface area (Å²) in [6.07, 6.45) is 4.92. The highest BCUT2D eigenvalue weighted by molar-refractivity contribution is 14.0. The molecule has 148 valence electrons. The molecule has 0 atom stereocenters. The van der Waals surface area contributed by atoms with Gasteiger partial charge in [0.1, 0.15) is 6.54 Å². The van der Waals surface area contributed by atoms with Crippen molar-refractivity contribution in [3.63, 3.8) is 0 Å². The predicted molar refractivity (Wildman–Crippen MR) is 117 cm³/mol. The van der Waals surface area contributed by atoms with Gasteiger partial charge >= 0.3 is 0 Å². The minimum atomic E-state index is 0. The molecule has 1 amide bonds. The molecule has 1 fully saturated rings. The number of nitrogens with one attached hydrogen (secondary N) is 2. The van der Waals surface area contributed by atoms with Gasteiger partial charge in [0, 0.05) is 45.3 Å². The Labute approximate surface area is 171 Å². The van der Waals surface area contributed by atoms with Gasteiger partial charge in [-0.1, -0.05) is 12.8 Å². The largest absolute Gasteiger partial charge is 0.355 e. The van der Waals surface area contributed by atoms with E-state index in [-0.39, 0.29) is 36.4 Å². The summed E-state index contributed by atoms with van der Waals surface area (Å²) in [5, 5.41) is 6.90. The third kappa shape index (κ3) is 9.63. The Kier molecular flexibility index (Phi) is 12.4. The Morgan fingerprint density at radius 1 is 1.12 bits per heavy atom. The molecule has 0 saturated heterocycles. The average molecular weight is 467 g/mol. The summed E-state index contributed by atoms with van der Waals surface area (Å²) in [6, 6.07) is 1.52. The van der Waals surface area contributed by atoms with Crippen molar-refractivity contribution in [1.82, 2.24) is 20.4 Å². The molecule has 1 aliphatic carbocycles. The molecule has 1 aliphatic rings. The van der Waals surface area contributed by atoms with E-state index in [1.54, 1.807) is 19.0 Å². The molecule has 6 nitrogen and oxygen atoms in total. The molecule has 1 saturated carbocycles. The first-order chi connectivity index (χ1) is 11.3. The SMILES string of the molecule is CC(C)N(CCNC(=NCC(=O)N(C)C)NC1CCCC1)C(C)C.I. The minimum absolute atomic E-state index is 0. The van der Waals surface area contributed by atoms with Gasteiger partial charge in [-0.2, -0.15) is 0 Å². The number of hydrogen-bond donors (Lipinski definition) is 2. The van der Waals surface area contributed by atoms with Gasteiger partial charge in [-0.3, -0.25) is 9.69 Å². The van der Waals surface area contributed by atoms with Crippen LogP contribution in [0.2, 0.25) is 0 Å². The number of rotatable bonds is 8. The van der Waals surface area contributed by atoms with Crippen molar-refractivity contribution in [2.75, 3.05) is 33.7 Å². The molecular weight excluding hydrogens is 429 g/mol. The number of hydrogen-bond acceptors (Lipinski definition) is 3. The van der Waals surface area contributed by atoms with Gasteiger partial charge in [0.15, 0.2) is 5.96 Å². The van der Waals surface area contributed by atoms with Crippen LogP contribution in [0, 0.1) is 0 Å². The number of carbonyl (C=O) groups is 1. The monoisotopic (exact) mass is 467 g/mol. The van der Waals surface area contributed by atoms with Crippen molar-refractivity contribution in [1.29, 1.82) is 0 Å². The maximum absolute atomic E-state index is 11.8. The second-order valence-corrected chi connectivity index (χ2v) is 7.43. The first kappa shape index (κ1) is 24.4. The lowest BCUT2D eigenvalue weighted by Crippen LogP contribution is -2.47. The number of guanidine groups is 1. The summed E-state index contributed by atoms with van der Waals surface area (Å²) in [5.74, 6) is 0.790. The lowest BCUT2D eigenvalue weighted by molar-refractivity contribution is -0.127. The van der Waals surface area contributed by atoms with Crippen LogP contribution in [0.25, 0.3) is 0 Å². The van der Waals surface area contributed by atoms with Crippen LogP contribution in [0.1, 0.15) is 53.4 Å². The van der Waals surface area contributed by atoms with Gasteiger partial charge < -0.3 is 15.5 Å². The summed E-state index contributed by atoms with van der Waals surface area (Å²) >= 11 is 0. The Morgan fingerprint density at radius 2 is 1.68 bits per heavy atom. The van der Waals surface area contributed by atoms with Crippen LogP contribution in [0.15, 0.2) is 4.99 Å². The molecule has 0 aromatic heterocycles. The van der Waals surface area contributed by atoms with Crippen LogP contribution in [-0.2, 0) is 4.79 Å². The van der Waals surface area contributed by atoms with Crippen LogP contribution in [0.5, 0.6) is 0 Å². The number of amides is 1. The molecule has 0 aromatic rings. The second-order valence-electron chi connectivity index (χ2n) is 7.43. The zero-order chi connectivity index (χ0) is 18.1. The fourth-order valence-electron chi connectivity index (χ4n) is 3.12. The molecule has 25 heavy (non-hydrogen) atoms. The lowest BCUT2D eigenvalue weighted by atomic mass is 10.2. The van der Waals surface area contributed by atoms with Crippen molar-refractivity contribution in [3.05, 3.63) is 0 Å². The van der Waals surface area contributed by atoms with Gasteiger partial charge in [-0.05, 0) is 40.5 Å². The summed E-state index contributed by atoms with van der Waals surface area (Å²) < 4.78 is 0. The molecule has 0 spiro atoms. The van der Waals surface area contributed by atoms with E-state index in [1.807, 2.05) is 0 Å². The minimum Gasteiger partial charge on any atom is -0.355 e. The van der Waals surface area contributed by atoms with Crippen LogP contribution >= 0.6 is 24.0 Å². The van der Waals surface area contributed by atoms with Gasteiger partial charge in [-0.15, -0.1) is 24.0 Å². The fourth-order valence-corrected chi connectivity index (χ4v) is 3.12. The van der Waals surface area contributed by atoms with Crippen molar-refractivity contribution in [2.45, 2.75) is 71.5 Å². The summed E-state index contributed by atoms with van der Waals surface area (Å²) in [4.78, 5) is 20.3. The smallest absolute Gasteiger partial charge is 0.243 e. The zero-order valence-electron chi connectivity index (χ0n) is 16.8. The van der Waals surface area contributed by atoms with Gasteiger partial charge in [0.25, 0.3) is 0 Å². The normalized spacial score (nSPS) is 15.6. The number of likely N-dealkylation sites (N-methyl/N-ethyl adjacent to an activating group) is 1. The Morgan fingerprint density at radius 3 is 2.16 bits per heavy atom. The van der Waals surface area contributed by atoms with E-state index in [0.717, 1.165) is 19.0 Å². The molecule has 2 N–H and O–H groups in total. The molecule has 0 aliphatic heterocycles. The first-order valence-corrected chi connectivity index (χ1v) is 9.32. The number of nitrogens with zero attached hydrogens (tertiary/aromatic N) is 3. The first-order valence-electron chi connectivity index (χ1n) is 9.32. The lowest BCUT2D eigenvalue weighted by Gasteiger charge is -2.30. The van der Waals surface area contributed by atoms with Crippen LogP contribution < -0.4 is 10.6 Å². The fraction of sp³-hybridized carbons (Fsp3) is 0.889. The molecule has 0 unspecified atom stereocenters. The van der Waals surface area contributed by atoms with Gasteiger partial charge in [0.2, 0.25) is 5.91 Å². The molecule has 7 heteroatoms. The quantitative estimate of drug-likeness (QED) is 0.327. The van der Waals surface area contributed by atoms with Crippen LogP contribution in [0.3, 0.4) is 0 Å². The summed E-state index contributed by atoms with van der Waals surface area (Å²) in [6.45, 7) is 10.9. The Bertz CT molecular complexity index is 398. The van der Waals surface area contributed by atoms with Crippen LogP contribution in [0.4, 0.5) is 0 Å². The molecule has 0 aromatic carbocycles. The third-order valence-corrected chi connectivity index (χ3v) is 4.56. The topological polar surface area (TPSA) is 60.0 Å². The predicted octanol–water partition coefficient (Wildman–Crippen LogP) is 2.29. The second kappa shape index (κ2) is 12.7. The van der Waals surface area contributed by atoms with Gasteiger partial charge in [0.05, 0.1) is 0 Å². The van der Waals surface area contributed by atoms with E-state index in [9.17, 15) is 4.79 Å². The number of aliphatic imine (C=N–C) groups is 1. The van der Waals surface area contributed by atoms with Crippen molar-refractivity contribution in [3.8, 4) is 0 Å².